The molecule has 1 heterocycles. The first kappa shape index (κ1) is 15.0. The van der Waals surface area contributed by atoms with Gasteiger partial charge in [-0.15, -0.1) is 0 Å². The normalized spacial score (nSPS) is 18.4. The second-order valence-corrected chi connectivity index (χ2v) is 6.17. The Morgan fingerprint density at radius 1 is 1.35 bits per heavy atom. The highest BCUT2D eigenvalue weighted by Crippen LogP contribution is 2.22. The van der Waals surface area contributed by atoms with Gasteiger partial charge in [-0.3, -0.25) is 0 Å². The van der Waals surface area contributed by atoms with Gasteiger partial charge in [0, 0.05) is 26.2 Å². The van der Waals surface area contributed by atoms with Crippen LogP contribution < -0.4 is 4.74 Å². The van der Waals surface area contributed by atoms with Gasteiger partial charge in [-0.25, -0.2) is 8.51 Å². The fourth-order valence-corrected chi connectivity index (χ4v) is 3.29. The molecule has 1 atom stereocenters. The number of ether oxygens (including phenoxy) is 1. The molecule has 0 saturated carbocycles. The van der Waals surface area contributed by atoms with Gasteiger partial charge in [-0.05, 0) is 32.2 Å². The number of nitrogens with zero attached hydrogens (tertiary/aromatic N) is 3. The van der Waals surface area contributed by atoms with Crippen molar-refractivity contribution in [2.75, 3.05) is 39.8 Å². The highest BCUT2D eigenvalue weighted by atomic mass is 32.2. The van der Waals surface area contributed by atoms with Crippen molar-refractivity contribution in [2.45, 2.75) is 11.8 Å². The van der Waals surface area contributed by atoms with Crippen LogP contribution in [0, 0.1) is 11.3 Å². The zero-order valence-corrected chi connectivity index (χ0v) is 12.7. The summed E-state index contributed by atoms with van der Waals surface area (Å²) in [5.41, 5.74) is 0.437. The quantitative estimate of drug-likeness (QED) is 0.838. The molecule has 1 aromatic carbocycles. The Hall–Kier alpha value is -1.42. The predicted octanol–water partition coefficient (Wildman–Crippen LogP) is 1.23. The van der Waals surface area contributed by atoms with Gasteiger partial charge in [-0.1, -0.05) is 0 Å². The molecule has 1 fully saturated rings. The molecule has 1 aliphatic rings. The highest BCUT2D eigenvalue weighted by molar-refractivity contribution is 7.82. The molecular formula is C14H19N3O2S. The van der Waals surface area contributed by atoms with E-state index >= 15 is 0 Å². The zero-order chi connectivity index (χ0) is 14.5. The number of benzene rings is 1. The van der Waals surface area contributed by atoms with Crippen LogP contribution in [-0.2, 0) is 11.0 Å². The molecule has 108 valence electrons. The van der Waals surface area contributed by atoms with Gasteiger partial charge in [-0.2, -0.15) is 5.26 Å². The van der Waals surface area contributed by atoms with Crippen LogP contribution in [0.5, 0.6) is 5.75 Å². The van der Waals surface area contributed by atoms with Gasteiger partial charge in [0.25, 0.3) is 0 Å². The first-order valence-corrected chi connectivity index (χ1v) is 7.78. The second kappa shape index (κ2) is 6.84. The molecule has 6 heteroatoms. The maximum atomic E-state index is 12.5. The van der Waals surface area contributed by atoms with Crippen LogP contribution in [0.25, 0.3) is 0 Å². The predicted molar refractivity (Wildman–Crippen MR) is 77.8 cm³/mol. The van der Waals surface area contributed by atoms with Crippen LogP contribution in [0.15, 0.2) is 23.1 Å². The lowest BCUT2D eigenvalue weighted by Gasteiger charge is -2.31. The van der Waals surface area contributed by atoms with E-state index in [9.17, 15) is 4.21 Å². The lowest BCUT2D eigenvalue weighted by molar-refractivity contribution is 0.228. The lowest BCUT2D eigenvalue weighted by atomic mass is 10.2. The Balaban J connectivity index is 2.16. The molecule has 2 rings (SSSR count). The molecule has 1 aromatic rings. The van der Waals surface area contributed by atoms with Gasteiger partial charge in [0.2, 0.25) is 0 Å². The minimum absolute atomic E-state index is 0.437. The average Bonchev–Trinajstić information content (AvgIpc) is 2.48. The van der Waals surface area contributed by atoms with E-state index in [1.807, 2.05) is 11.2 Å². The molecule has 1 saturated heterocycles. The molecule has 0 aromatic heterocycles. The van der Waals surface area contributed by atoms with Gasteiger partial charge >= 0.3 is 0 Å². The molecule has 1 aliphatic heterocycles. The molecule has 0 bridgehead atoms. The molecule has 0 radical (unpaired) electrons. The Morgan fingerprint density at radius 3 is 2.65 bits per heavy atom. The molecule has 0 amide bonds. The largest absolute Gasteiger partial charge is 0.492 e. The molecular weight excluding hydrogens is 274 g/mol. The van der Waals surface area contributed by atoms with Crippen LogP contribution in [0.4, 0.5) is 0 Å². The molecule has 1 unspecified atom stereocenters. The maximum Gasteiger partial charge on any atom is 0.137 e. The summed E-state index contributed by atoms with van der Waals surface area (Å²) in [5.74, 6) is 0.550. The summed E-state index contributed by atoms with van der Waals surface area (Å²) >= 11 is 0. The van der Waals surface area contributed by atoms with Crippen molar-refractivity contribution in [2.24, 2.45) is 0 Å². The fraction of sp³-hybridized carbons (Fsp3) is 0.500. The van der Waals surface area contributed by atoms with Crippen LogP contribution in [-0.4, -0.2) is 53.2 Å². The third-order valence-corrected chi connectivity index (χ3v) is 4.76. The monoisotopic (exact) mass is 293 g/mol. The maximum absolute atomic E-state index is 12.5. The highest BCUT2D eigenvalue weighted by Gasteiger charge is 2.21. The van der Waals surface area contributed by atoms with E-state index in [0.29, 0.717) is 22.8 Å². The summed E-state index contributed by atoms with van der Waals surface area (Å²) < 4.78 is 19.8. The van der Waals surface area contributed by atoms with Gasteiger partial charge < -0.3 is 9.64 Å². The Kier molecular flexibility index (Phi) is 5.12. The smallest absolute Gasteiger partial charge is 0.137 e. The summed E-state index contributed by atoms with van der Waals surface area (Å²) in [6.07, 6.45) is 0. The van der Waals surface area contributed by atoms with E-state index < -0.39 is 11.0 Å². The third-order valence-electron chi connectivity index (χ3n) is 3.27. The van der Waals surface area contributed by atoms with Crippen LogP contribution in [0.2, 0.25) is 0 Å². The zero-order valence-electron chi connectivity index (χ0n) is 11.8. The van der Waals surface area contributed by atoms with Gasteiger partial charge in [0.1, 0.15) is 22.8 Å². The van der Waals surface area contributed by atoms with E-state index in [1.54, 1.807) is 18.2 Å². The molecule has 0 aliphatic carbocycles. The van der Waals surface area contributed by atoms with E-state index in [1.165, 1.54) is 0 Å². The first-order chi connectivity index (χ1) is 9.65. The topological polar surface area (TPSA) is 56.6 Å². The SMILES string of the molecule is CCOc1ccc(S(=O)N2CCN(C)CC2)cc1C#N. The fourth-order valence-electron chi connectivity index (χ4n) is 2.09. The van der Waals surface area contributed by atoms with Crippen molar-refractivity contribution in [1.29, 1.82) is 5.26 Å². The van der Waals surface area contributed by atoms with Gasteiger partial charge in [0.15, 0.2) is 0 Å². The number of rotatable bonds is 4. The van der Waals surface area contributed by atoms with Crippen molar-refractivity contribution >= 4 is 11.0 Å². The van der Waals surface area contributed by atoms with E-state index in [4.69, 9.17) is 10.00 Å². The summed E-state index contributed by atoms with van der Waals surface area (Å²) in [6.45, 7) is 5.76. The summed E-state index contributed by atoms with van der Waals surface area (Å²) in [4.78, 5) is 2.88. The number of likely N-dealkylation sites (N-methyl/N-ethyl adjacent to an activating group) is 1. The van der Waals surface area contributed by atoms with E-state index in [-0.39, 0.29) is 0 Å². The second-order valence-electron chi connectivity index (χ2n) is 4.68. The lowest BCUT2D eigenvalue weighted by Crippen LogP contribution is -2.45. The minimum Gasteiger partial charge on any atom is -0.492 e. The summed E-state index contributed by atoms with van der Waals surface area (Å²) in [5, 5.41) is 9.15. The Morgan fingerprint density at radius 2 is 2.05 bits per heavy atom. The van der Waals surface area contributed by atoms with E-state index in [0.717, 1.165) is 26.2 Å². The Labute approximate surface area is 122 Å². The third kappa shape index (κ3) is 3.37. The van der Waals surface area contributed by atoms with E-state index in [2.05, 4.69) is 18.0 Å². The number of hydrogen-bond donors (Lipinski definition) is 0. The van der Waals surface area contributed by atoms with Crippen molar-refractivity contribution in [3.05, 3.63) is 23.8 Å². The molecule has 5 nitrogen and oxygen atoms in total. The first-order valence-electron chi connectivity index (χ1n) is 6.68. The van der Waals surface area contributed by atoms with Crippen LogP contribution in [0.1, 0.15) is 12.5 Å². The van der Waals surface area contributed by atoms with Crippen molar-refractivity contribution < 1.29 is 8.95 Å². The van der Waals surface area contributed by atoms with Crippen LogP contribution >= 0.6 is 0 Å². The van der Waals surface area contributed by atoms with Gasteiger partial charge in [0.05, 0.1) is 17.1 Å². The molecule has 0 spiro atoms. The standard InChI is InChI=1S/C14H19N3O2S/c1-3-19-14-5-4-13(10-12(14)11-15)20(18)17-8-6-16(2)7-9-17/h4-5,10H,3,6-9H2,1-2H3. The number of nitriles is 1. The summed E-state index contributed by atoms with van der Waals surface area (Å²) in [6, 6.07) is 7.27. The average molecular weight is 293 g/mol. The Bertz CT molecular complexity index is 534. The number of piperazine rings is 1. The molecule has 20 heavy (non-hydrogen) atoms. The van der Waals surface area contributed by atoms with Crippen molar-refractivity contribution in [3.63, 3.8) is 0 Å². The minimum atomic E-state index is -1.21. The van der Waals surface area contributed by atoms with Crippen LogP contribution in [0.3, 0.4) is 0 Å². The van der Waals surface area contributed by atoms with Crippen molar-refractivity contribution in [3.8, 4) is 11.8 Å². The molecule has 0 N–H and O–H groups in total. The number of hydrogen-bond acceptors (Lipinski definition) is 4. The summed E-state index contributed by atoms with van der Waals surface area (Å²) in [7, 11) is 0.852. The van der Waals surface area contributed by atoms with Crippen molar-refractivity contribution in [1.82, 2.24) is 9.21 Å².